The lowest BCUT2D eigenvalue weighted by atomic mass is 9.90. The molecule has 0 bridgehead atoms. The number of amides is 2. The van der Waals surface area contributed by atoms with Crippen LogP contribution in [0.2, 0.25) is 0 Å². The number of benzene rings is 2. The number of nitrogens with one attached hydrogen (secondary N) is 1. The van der Waals surface area contributed by atoms with Gasteiger partial charge in [0.15, 0.2) is 0 Å². The first-order valence-corrected chi connectivity index (χ1v) is 14.0. The van der Waals surface area contributed by atoms with Crippen LogP contribution in [0.3, 0.4) is 0 Å². The van der Waals surface area contributed by atoms with E-state index in [1.165, 1.54) is 11.1 Å². The molecule has 1 fully saturated rings. The molecule has 7 heteroatoms. The number of nitrogens with zero attached hydrogens (tertiary/aromatic N) is 2. The smallest absolute Gasteiger partial charge is 0.254 e. The summed E-state index contributed by atoms with van der Waals surface area (Å²) in [6, 6.07) is 14.9. The van der Waals surface area contributed by atoms with E-state index >= 15 is 0 Å². The van der Waals surface area contributed by atoms with E-state index in [9.17, 15) is 14.4 Å². The fourth-order valence-corrected chi connectivity index (χ4v) is 6.06. The van der Waals surface area contributed by atoms with Crippen LogP contribution < -0.4 is 5.32 Å². The zero-order valence-corrected chi connectivity index (χ0v) is 22.9. The molecule has 1 saturated heterocycles. The molecule has 0 aromatic heterocycles. The summed E-state index contributed by atoms with van der Waals surface area (Å²) in [6.45, 7) is 6.64. The molecule has 0 saturated carbocycles. The number of rotatable bonds is 11. The topological polar surface area (TPSA) is 79.0 Å². The molecule has 2 amide bonds. The Morgan fingerprint density at radius 3 is 2.29 bits per heavy atom. The van der Waals surface area contributed by atoms with Crippen molar-refractivity contribution in [2.75, 3.05) is 33.4 Å². The van der Waals surface area contributed by atoms with Crippen molar-refractivity contribution in [2.24, 2.45) is 11.8 Å². The van der Waals surface area contributed by atoms with E-state index in [1.807, 2.05) is 43.4 Å². The Bertz CT molecular complexity index is 1080. The van der Waals surface area contributed by atoms with Gasteiger partial charge in [0.05, 0.1) is 25.3 Å². The van der Waals surface area contributed by atoms with Crippen molar-refractivity contribution in [3.8, 4) is 0 Å². The fourth-order valence-electron chi connectivity index (χ4n) is 6.06. The van der Waals surface area contributed by atoms with Gasteiger partial charge in [-0.1, -0.05) is 63.1 Å². The Hall–Kier alpha value is -3.03. The van der Waals surface area contributed by atoms with Crippen LogP contribution in [0.1, 0.15) is 53.7 Å². The second kappa shape index (κ2) is 13.2. The molecular formula is C31H41N3O4. The Morgan fingerprint density at radius 2 is 1.71 bits per heavy atom. The van der Waals surface area contributed by atoms with Crippen molar-refractivity contribution >= 4 is 18.1 Å². The first-order valence-electron chi connectivity index (χ1n) is 14.0. The molecule has 2 aromatic rings. The second-order valence-electron chi connectivity index (χ2n) is 10.5. The standard InChI is InChI=1S/C31H41N3O4/c1-4-23(5-2)28(21-35)34(31(37)29(32-3)27-18-24-10-6-7-11-25(24)19-27)20-22-9-8-12-26(17-22)30(36)33-13-15-38-16-14-33/h6-12,17,21,23,27-29,32H,4-5,13-16,18-20H2,1-3H3/t28-,29?/m0/s1. The molecule has 2 aliphatic rings. The van der Waals surface area contributed by atoms with E-state index in [0.717, 1.165) is 37.5 Å². The normalized spacial score (nSPS) is 17.2. The third kappa shape index (κ3) is 6.16. The van der Waals surface area contributed by atoms with Crippen molar-refractivity contribution in [2.45, 2.75) is 58.2 Å². The molecule has 1 aliphatic carbocycles. The van der Waals surface area contributed by atoms with Gasteiger partial charge in [-0.25, -0.2) is 0 Å². The lowest BCUT2D eigenvalue weighted by molar-refractivity contribution is -0.142. The minimum atomic E-state index is -0.532. The first-order chi connectivity index (χ1) is 18.5. The number of carbonyl (C=O) groups is 3. The molecule has 1 unspecified atom stereocenters. The third-order valence-electron chi connectivity index (χ3n) is 8.27. The summed E-state index contributed by atoms with van der Waals surface area (Å²) >= 11 is 0. The van der Waals surface area contributed by atoms with E-state index in [-0.39, 0.29) is 30.2 Å². The number of fused-ring (bicyclic) bond motifs is 1. The predicted octanol–water partition coefficient (Wildman–Crippen LogP) is 3.49. The molecule has 2 aromatic carbocycles. The Morgan fingerprint density at radius 1 is 1.05 bits per heavy atom. The average molecular weight is 520 g/mol. The first kappa shape index (κ1) is 28.0. The van der Waals surface area contributed by atoms with Gasteiger partial charge in [-0.15, -0.1) is 0 Å². The number of morpholine rings is 1. The summed E-state index contributed by atoms with van der Waals surface area (Å²) in [5.74, 6) is 0.0968. The molecule has 1 aliphatic heterocycles. The number of carbonyl (C=O) groups excluding carboxylic acids is 3. The molecule has 1 N–H and O–H groups in total. The Balaban J connectivity index is 1.60. The molecule has 1 heterocycles. The maximum atomic E-state index is 14.2. The molecule has 38 heavy (non-hydrogen) atoms. The maximum absolute atomic E-state index is 14.2. The van der Waals surface area contributed by atoms with Crippen molar-refractivity contribution in [1.82, 2.24) is 15.1 Å². The van der Waals surface area contributed by atoms with Crippen LogP contribution in [0.4, 0.5) is 0 Å². The summed E-state index contributed by atoms with van der Waals surface area (Å²) in [5, 5.41) is 3.29. The maximum Gasteiger partial charge on any atom is 0.254 e. The Kier molecular flexibility index (Phi) is 9.69. The predicted molar refractivity (Wildman–Crippen MR) is 148 cm³/mol. The van der Waals surface area contributed by atoms with Gasteiger partial charge in [0, 0.05) is 25.2 Å². The lowest BCUT2D eigenvalue weighted by Crippen LogP contribution is -2.54. The largest absolute Gasteiger partial charge is 0.378 e. The van der Waals surface area contributed by atoms with Gasteiger partial charge in [0.2, 0.25) is 5.91 Å². The van der Waals surface area contributed by atoms with Crippen LogP contribution in [-0.2, 0) is 33.7 Å². The molecular weight excluding hydrogens is 478 g/mol. The zero-order chi connectivity index (χ0) is 27.1. The van der Waals surface area contributed by atoms with Crippen molar-refractivity contribution in [3.63, 3.8) is 0 Å². The minimum Gasteiger partial charge on any atom is -0.378 e. The van der Waals surface area contributed by atoms with Crippen LogP contribution in [0.15, 0.2) is 48.5 Å². The summed E-state index contributed by atoms with van der Waals surface area (Å²) in [6.07, 6.45) is 4.22. The van der Waals surface area contributed by atoms with Gasteiger partial charge in [-0.3, -0.25) is 9.59 Å². The summed E-state index contributed by atoms with van der Waals surface area (Å²) < 4.78 is 5.39. The number of hydrogen-bond acceptors (Lipinski definition) is 5. The SMILES string of the molecule is CCC(CC)[C@H](C=O)N(Cc1cccc(C(=O)N2CCOCC2)c1)C(=O)C(NC)C1Cc2ccccc2C1. The number of ether oxygens (including phenoxy) is 1. The lowest BCUT2D eigenvalue weighted by Gasteiger charge is -2.37. The zero-order valence-electron chi connectivity index (χ0n) is 22.9. The third-order valence-corrected chi connectivity index (χ3v) is 8.27. The number of likely N-dealkylation sites (N-methyl/N-ethyl adjacent to an activating group) is 1. The van der Waals surface area contributed by atoms with Crippen LogP contribution in [-0.4, -0.2) is 73.3 Å². The summed E-state index contributed by atoms with van der Waals surface area (Å²) in [7, 11) is 1.83. The van der Waals surface area contributed by atoms with Gasteiger partial charge in [0.25, 0.3) is 5.91 Å². The van der Waals surface area contributed by atoms with E-state index in [4.69, 9.17) is 4.74 Å². The highest BCUT2D eigenvalue weighted by molar-refractivity contribution is 5.94. The second-order valence-corrected chi connectivity index (χ2v) is 10.5. The molecule has 2 atom stereocenters. The monoisotopic (exact) mass is 519 g/mol. The van der Waals surface area contributed by atoms with Crippen LogP contribution in [0, 0.1) is 11.8 Å². The minimum absolute atomic E-state index is 0.0308. The quantitative estimate of drug-likeness (QED) is 0.460. The molecule has 204 valence electrons. The van der Waals surface area contributed by atoms with Crippen LogP contribution in [0.25, 0.3) is 0 Å². The van der Waals surface area contributed by atoms with Crippen LogP contribution in [0.5, 0.6) is 0 Å². The molecule has 0 radical (unpaired) electrons. The van der Waals surface area contributed by atoms with Gasteiger partial charge < -0.3 is 24.6 Å². The van der Waals surface area contributed by atoms with Gasteiger partial charge in [-0.2, -0.15) is 0 Å². The molecule has 7 nitrogen and oxygen atoms in total. The van der Waals surface area contributed by atoms with Crippen molar-refractivity contribution < 1.29 is 19.1 Å². The van der Waals surface area contributed by atoms with E-state index < -0.39 is 12.1 Å². The summed E-state index contributed by atoms with van der Waals surface area (Å²) in [5.41, 5.74) is 4.02. The number of hydrogen-bond donors (Lipinski definition) is 1. The van der Waals surface area contributed by atoms with Gasteiger partial charge in [0.1, 0.15) is 6.29 Å². The molecule has 0 spiro atoms. The van der Waals surface area contributed by atoms with E-state index in [1.54, 1.807) is 9.80 Å². The molecule has 4 rings (SSSR count). The van der Waals surface area contributed by atoms with Crippen molar-refractivity contribution in [3.05, 3.63) is 70.8 Å². The summed E-state index contributed by atoms with van der Waals surface area (Å²) in [4.78, 5) is 43.4. The number of aldehydes is 1. The highest BCUT2D eigenvalue weighted by Crippen LogP contribution is 2.31. The van der Waals surface area contributed by atoms with Gasteiger partial charge in [-0.05, 0) is 60.5 Å². The average Bonchev–Trinajstić information content (AvgIpc) is 3.39. The van der Waals surface area contributed by atoms with Crippen LogP contribution >= 0.6 is 0 Å². The highest BCUT2D eigenvalue weighted by atomic mass is 16.5. The fraction of sp³-hybridized carbons (Fsp3) is 0.516. The van der Waals surface area contributed by atoms with Gasteiger partial charge >= 0.3 is 0 Å². The Labute approximate surface area is 226 Å². The van der Waals surface area contributed by atoms with E-state index in [0.29, 0.717) is 31.9 Å². The van der Waals surface area contributed by atoms with Crippen molar-refractivity contribution in [1.29, 1.82) is 0 Å². The van der Waals surface area contributed by atoms with E-state index in [2.05, 4.69) is 31.3 Å². The highest BCUT2D eigenvalue weighted by Gasteiger charge is 2.38.